The average molecular weight is 439 g/mol. The van der Waals surface area contributed by atoms with Crippen LogP contribution in [0.3, 0.4) is 0 Å². The zero-order valence-corrected chi connectivity index (χ0v) is 17.8. The summed E-state index contributed by atoms with van der Waals surface area (Å²) in [5, 5.41) is 42.8. The Balaban J connectivity index is 0. The van der Waals surface area contributed by atoms with Gasteiger partial charge in [0.25, 0.3) is 0 Å². The molecule has 30 heavy (non-hydrogen) atoms. The normalized spacial score (nSPS) is 12.3. The van der Waals surface area contributed by atoms with Crippen LogP contribution in [0, 0.1) is 0 Å². The van der Waals surface area contributed by atoms with Crippen molar-refractivity contribution in [3.63, 3.8) is 0 Å². The van der Waals surface area contributed by atoms with E-state index < -0.39 is 56.5 Å². The Morgan fingerprint density at radius 1 is 0.700 bits per heavy atom. The van der Waals surface area contributed by atoms with Crippen LogP contribution in [-0.2, 0) is 23.9 Å². The van der Waals surface area contributed by atoms with Crippen LogP contribution in [0.1, 0.15) is 71.1 Å². The van der Waals surface area contributed by atoms with Gasteiger partial charge in [0, 0.05) is 6.42 Å². The van der Waals surface area contributed by atoms with Crippen LogP contribution in [0.25, 0.3) is 0 Å². The number of unbranched alkanes of at least 4 members (excludes halogenated alkanes) is 8. The van der Waals surface area contributed by atoms with Gasteiger partial charge in [-0.15, -0.1) is 0 Å². The summed E-state index contributed by atoms with van der Waals surface area (Å²) in [6.45, 7) is -0.0526. The second kappa shape index (κ2) is 21.9. The molecule has 0 saturated heterocycles. The molecule has 10 heteroatoms. The van der Waals surface area contributed by atoms with E-state index in [1.54, 1.807) is 0 Å². The van der Waals surface area contributed by atoms with E-state index in [9.17, 15) is 14.4 Å². The van der Waals surface area contributed by atoms with Crippen LogP contribution >= 0.6 is 0 Å². The maximum atomic E-state index is 10.8. The number of ether oxygens (including phenoxy) is 2. The lowest BCUT2D eigenvalue weighted by atomic mass is 10.1. The summed E-state index contributed by atoms with van der Waals surface area (Å²) in [7, 11) is 0. The van der Waals surface area contributed by atoms with Gasteiger partial charge in [-0.2, -0.15) is 0 Å². The molecule has 0 heterocycles. The molecule has 0 fully saturated rings. The first kappa shape index (κ1) is 30.4. The predicted molar refractivity (Wildman–Crippen MR) is 108 cm³/mol. The number of aliphatic hydroxyl groups is 4. The fourth-order valence-electron chi connectivity index (χ4n) is 2.15. The summed E-state index contributed by atoms with van der Waals surface area (Å²) in [5.41, 5.74) is 0. The van der Waals surface area contributed by atoms with Gasteiger partial charge in [0.05, 0.1) is 13.2 Å². The lowest BCUT2D eigenvalue weighted by Gasteiger charge is -2.09. The molecule has 2 atom stereocenters. The Bertz CT molecular complexity index is 417. The van der Waals surface area contributed by atoms with E-state index in [4.69, 9.17) is 25.5 Å². The molecular weight excluding hydrogens is 400 g/mol. The summed E-state index contributed by atoms with van der Waals surface area (Å²) in [6, 6.07) is 0. The van der Waals surface area contributed by atoms with Crippen molar-refractivity contribution in [2.24, 2.45) is 0 Å². The summed E-state index contributed by atoms with van der Waals surface area (Å²) in [5.74, 6) is -3.36. The monoisotopic (exact) mass is 438 g/mol. The number of hydrogen-bond acceptors (Lipinski definition) is 9. The number of rotatable bonds is 16. The van der Waals surface area contributed by atoms with Crippen LogP contribution in [0.15, 0.2) is 0 Å². The molecule has 0 aliphatic heterocycles. The van der Waals surface area contributed by atoms with E-state index in [1.165, 1.54) is 44.9 Å². The van der Waals surface area contributed by atoms with Crippen molar-refractivity contribution in [2.75, 3.05) is 26.4 Å². The van der Waals surface area contributed by atoms with E-state index in [0.717, 1.165) is 12.8 Å². The van der Waals surface area contributed by atoms with Crippen molar-refractivity contribution in [2.45, 2.75) is 83.3 Å². The van der Waals surface area contributed by atoms with Crippen molar-refractivity contribution >= 4 is 17.9 Å². The van der Waals surface area contributed by atoms with Crippen molar-refractivity contribution in [1.29, 1.82) is 0 Å². The second-order valence-electron chi connectivity index (χ2n) is 6.84. The number of aliphatic hydroxyl groups excluding tert-OH is 4. The first-order chi connectivity index (χ1) is 14.3. The van der Waals surface area contributed by atoms with Gasteiger partial charge in [0.1, 0.15) is 25.4 Å². The highest BCUT2D eigenvalue weighted by molar-refractivity contribution is 6.29. The number of carboxylic acid groups (broad SMARTS) is 1. The molecule has 0 aromatic rings. The van der Waals surface area contributed by atoms with E-state index in [2.05, 4.69) is 16.4 Å². The molecule has 2 unspecified atom stereocenters. The first-order valence-electron chi connectivity index (χ1n) is 10.4. The molecule has 0 spiro atoms. The molecular formula is C20H38O10. The van der Waals surface area contributed by atoms with Crippen LogP contribution in [0.5, 0.6) is 0 Å². The lowest BCUT2D eigenvalue weighted by molar-refractivity contribution is -0.171. The smallest absolute Gasteiger partial charge is 0.417 e. The predicted octanol–water partition coefficient (Wildman–Crippen LogP) is 0.771. The summed E-state index contributed by atoms with van der Waals surface area (Å²) < 4.78 is 8.51. The van der Waals surface area contributed by atoms with Crippen LogP contribution in [-0.4, -0.2) is 82.1 Å². The molecule has 0 saturated carbocycles. The molecule has 0 aromatic heterocycles. The maximum Gasteiger partial charge on any atom is 0.417 e. The molecule has 178 valence electrons. The fourth-order valence-corrected chi connectivity index (χ4v) is 2.15. The van der Waals surface area contributed by atoms with Gasteiger partial charge in [-0.3, -0.25) is 4.79 Å². The van der Waals surface area contributed by atoms with Gasteiger partial charge in [-0.25, -0.2) is 9.59 Å². The van der Waals surface area contributed by atoms with Gasteiger partial charge in [0.15, 0.2) is 0 Å². The van der Waals surface area contributed by atoms with E-state index in [-0.39, 0.29) is 0 Å². The minimum absolute atomic E-state index is 0.343. The number of aliphatic carboxylic acids is 1. The van der Waals surface area contributed by atoms with Crippen molar-refractivity contribution in [3.8, 4) is 0 Å². The van der Waals surface area contributed by atoms with Gasteiger partial charge >= 0.3 is 17.9 Å². The number of carbonyl (C=O) groups is 3. The highest BCUT2D eigenvalue weighted by atomic mass is 16.6. The Morgan fingerprint density at radius 2 is 1.07 bits per heavy atom. The zero-order valence-electron chi connectivity index (χ0n) is 17.8. The third kappa shape index (κ3) is 22.5. The van der Waals surface area contributed by atoms with E-state index in [1.807, 2.05) is 0 Å². The molecule has 0 aliphatic carbocycles. The third-order valence-corrected chi connectivity index (χ3v) is 3.90. The summed E-state index contributed by atoms with van der Waals surface area (Å²) in [6.07, 6.45) is 8.95. The Kier molecular flexibility index (Phi) is 22.3. The lowest BCUT2D eigenvalue weighted by Crippen LogP contribution is -2.29. The first-order valence-corrected chi connectivity index (χ1v) is 10.4. The molecule has 0 rings (SSSR count). The van der Waals surface area contributed by atoms with Gasteiger partial charge in [-0.05, 0) is 6.42 Å². The number of hydrogen-bond donors (Lipinski definition) is 5. The van der Waals surface area contributed by atoms with E-state index in [0.29, 0.717) is 6.42 Å². The molecule has 10 nitrogen and oxygen atoms in total. The topological polar surface area (TPSA) is 171 Å². The summed E-state index contributed by atoms with van der Waals surface area (Å²) >= 11 is 0. The Labute approximate surface area is 177 Å². The Hall–Kier alpha value is -1.75. The molecule has 0 aromatic carbocycles. The molecule has 0 radical (unpaired) electrons. The SMILES string of the molecule is CCCCCCCCCCCC(=O)O.O=C(OCC(O)CO)C(=O)OCC(O)CO. The van der Waals surface area contributed by atoms with Crippen molar-refractivity contribution in [1.82, 2.24) is 0 Å². The van der Waals surface area contributed by atoms with Crippen molar-refractivity contribution < 1.29 is 49.4 Å². The quantitative estimate of drug-likeness (QED) is 0.132. The largest absolute Gasteiger partial charge is 0.481 e. The highest BCUT2D eigenvalue weighted by Gasteiger charge is 2.19. The average Bonchev–Trinajstić information content (AvgIpc) is 2.74. The number of carboxylic acids is 1. The molecule has 0 bridgehead atoms. The number of esters is 2. The second-order valence-corrected chi connectivity index (χ2v) is 6.84. The van der Waals surface area contributed by atoms with Gasteiger partial charge in [-0.1, -0.05) is 58.3 Å². The van der Waals surface area contributed by atoms with Crippen LogP contribution in [0.4, 0.5) is 0 Å². The molecule has 0 amide bonds. The fraction of sp³-hybridized carbons (Fsp3) is 0.850. The Morgan fingerprint density at radius 3 is 1.40 bits per heavy atom. The van der Waals surface area contributed by atoms with Gasteiger partial charge in [0.2, 0.25) is 0 Å². The third-order valence-electron chi connectivity index (χ3n) is 3.90. The summed E-state index contributed by atoms with van der Waals surface area (Å²) in [4.78, 5) is 31.9. The van der Waals surface area contributed by atoms with E-state index >= 15 is 0 Å². The highest BCUT2D eigenvalue weighted by Crippen LogP contribution is 2.10. The molecule has 0 aliphatic rings. The number of carbonyl (C=O) groups excluding carboxylic acids is 2. The van der Waals surface area contributed by atoms with Gasteiger partial charge < -0.3 is 35.0 Å². The van der Waals surface area contributed by atoms with Crippen LogP contribution < -0.4 is 0 Å². The minimum Gasteiger partial charge on any atom is -0.481 e. The minimum atomic E-state index is -1.35. The standard InChI is InChI=1S/C12H24O2.C8H14O8/c1-2-3-4-5-6-7-8-9-10-11-12(13)14;9-1-5(11)3-15-7(13)8(14)16-4-6(12)2-10/h2-11H2,1H3,(H,13,14);5-6,9-12H,1-4H2. The van der Waals surface area contributed by atoms with Crippen molar-refractivity contribution in [3.05, 3.63) is 0 Å². The zero-order chi connectivity index (χ0) is 23.2. The maximum absolute atomic E-state index is 10.8. The van der Waals surface area contributed by atoms with Crippen LogP contribution in [0.2, 0.25) is 0 Å². The molecule has 5 N–H and O–H groups in total.